The number of hydrogen-bond acceptors (Lipinski definition) is 7. The second kappa shape index (κ2) is 11.7. The number of amides is 2. The van der Waals surface area contributed by atoms with Crippen molar-refractivity contribution in [1.29, 1.82) is 0 Å². The second-order valence-electron chi connectivity index (χ2n) is 10.4. The average Bonchev–Trinajstić information content (AvgIpc) is 3.59. The quantitative estimate of drug-likeness (QED) is 0.519. The molecule has 2 aromatic rings. The van der Waals surface area contributed by atoms with E-state index in [9.17, 15) is 14.4 Å². The third kappa shape index (κ3) is 7.18. The van der Waals surface area contributed by atoms with Crippen molar-refractivity contribution < 1.29 is 28.3 Å². The summed E-state index contributed by atoms with van der Waals surface area (Å²) < 4.78 is 15.9. The van der Waals surface area contributed by atoms with Gasteiger partial charge in [-0.2, -0.15) is 0 Å². The molecule has 2 N–H and O–H groups in total. The minimum Gasteiger partial charge on any atom is -0.469 e. The molecule has 2 unspecified atom stereocenters. The van der Waals surface area contributed by atoms with E-state index in [-0.39, 0.29) is 23.6 Å². The molecule has 9 nitrogen and oxygen atoms in total. The van der Waals surface area contributed by atoms with Gasteiger partial charge in [-0.05, 0) is 49.8 Å². The van der Waals surface area contributed by atoms with Crippen molar-refractivity contribution >= 4 is 17.8 Å². The number of hydrogen-bond donors (Lipinski definition) is 2. The molecule has 1 aromatic heterocycles. The van der Waals surface area contributed by atoms with Crippen LogP contribution in [0.3, 0.4) is 0 Å². The standard InChI is InChI=1S/C27H35N3O6/c1-27(2,14-19-8-4-3-5-9-19)15-21(28-26(33)36-20-10-13-34-17-20)25(32)29-24-22(31)18-35-23(24)16-30-11-6-7-12-30/h3-5,8-10,13,17,21,23-24H,6-7,11-12,14-16,18H2,1-2H3,(H,28,33)(H,29,32)/t21-,23?,24?/m0/s1. The van der Waals surface area contributed by atoms with E-state index in [1.165, 1.54) is 18.6 Å². The number of carbonyl (C=O) groups is 3. The molecule has 0 saturated carbocycles. The van der Waals surface area contributed by atoms with E-state index in [1.807, 2.05) is 44.2 Å². The second-order valence-corrected chi connectivity index (χ2v) is 10.4. The van der Waals surface area contributed by atoms with Gasteiger partial charge < -0.3 is 29.4 Å². The summed E-state index contributed by atoms with van der Waals surface area (Å²) in [6, 6.07) is 9.83. The van der Waals surface area contributed by atoms with Crippen LogP contribution in [0.1, 0.15) is 38.7 Å². The van der Waals surface area contributed by atoms with Gasteiger partial charge in [0, 0.05) is 12.6 Å². The van der Waals surface area contributed by atoms with Gasteiger partial charge in [0.25, 0.3) is 0 Å². The Morgan fingerprint density at radius 2 is 1.92 bits per heavy atom. The van der Waals surface area contributed by atoms with E-state index in [4.69, 9.17) is 13.9 Å². The highest BCUT2D eigenvalue weighted by atomic mass is 16.6. The predicted octanol–water partition coefficient (Wildman–Crippen LogP) is 2.94. The molecule has 4 rings (SSSR count). The molecule has 1 aromatic carbocycles. The van der Waals surface area contributed by atoms with E-state index in [0.29, 0.717) is 19.4 Å². The highest BCUT2D eigenvalue weighted by Gasteiger charge is 2.40. The molecule has 9 heteroatoms. The van der Waals surface area contributed by atoms with Crippen LogP contribution in [0.4, 0.5) is 4.79 Å². The van der Waals surface area contributed by atoms with Crippen LogP contribution >= 0.6 is 0 Å². The van der Waals surface area contributed by atoms with Crippen LogP contribution in [0.25, 0.3) is 0 Å². The largest absolute Gasteiger partial charge is 0.469 e. The van der Waals surface area contributed by atoms with Gasteiger partial charge in [0.2, 0.25) is 5.91 Å². The Hall–Kier alpha value is -3.17. The molecule has 2 amide bonds. The molecule has 3 heterocycles. The lowest BCUT2D eigenvalue weighted by atomic mass is 9.80. The lowest BCUT2D eigenvalue weighted by molar-refractivity contribution is -0.128. The summed E-state index contributed by atoms with van der Waals surface area (Å²) in [5, 5.41) is 5.57. The number of likely N-dealkylation sites (tertiary alicyclic amines) is 1. The van der Waals surface area contributed by atoms with Gasteiger partial charge in [-0.15, -0.1) is 0 Å². The molecular formula is C27H35N3O6. The van der Waals surface area contributed by atoms with Crippen LogP contribution in [0.15, 0.2) is 53.3 Å². The van der Waals surface area contributed by atoms with E-state index >= 15 is 0 Å². The van der Waals surface area contributed by atoms with Crippen molar-refractivity contribution in [3.8, 4) is 5.75 Å². The van der Waals surface area contributed by atoms with Gasteiger partial charge in [0.05, 0.1) is 12.4 Å². The normalized spacial score (nSPS) is 21.3. The predicted molar refractivity (Wildman–Crippen MR) is 133 cm³/mol. The van der Waals surface area contributed by atoms with Crippen molar-refractivity contribution in [3.05, 3.63) is 54.5 Å². The fraction of sp³-hybridized carbons (Fsp3) is 0.519. The first-order valence-electron chi connectivity index (χ1n) is 12.5. The maximum Gasteiger partial charge on any atom is 0.413 e. The van der Waals surface area contributed by atoms with E-state index in [2.05, 4.69) is 15.5 Å². The molecular weight excluding hydrogens is 462 g/mol. The average molecular weight is 498 g/mol. The molecule has 3 atom stereocenters. The van der Waals surface area contributed by atoms with Gasteiger partial charge in [-0.25, -0.2) is 4.79 Å². The summed E-state index contributed by atoms with van der Waals surface area (Å²) in [5.74, 6) is -0.355. The van der Waals surface area contributed by atoms with Crippen LogP contribution < -0.4 is 15.4 Å². The van der Waals surface area contributed by atoms with Gasteiger partial charge in [0.1, 0.15) is 25.0 Å². The van der Waals surface area contributed by atoms with Crippen molar-refractivity contribution in [2.24, 2.45) is 5.41 Å². The van der Waals surface area contributed by atoms with Crippen molar-refractivity contribution in [2.45, 2.75) is 57.7 Å². The Morgan fingerprint density at radius 1 is 1.17 bits per heavy atom. The number of furan rings is 1. The van der Waals surface area contributed by atoms with Crippen LogP contribution in [0.5, 0.6) is 5.75 Å². The summed E-state index contributed by atoms with van der Waals surface area (Å²) >= 11 is 0. The molecule has 2 fully saturated rings. The third-order valence-electron chi connectivity index (χ3n) is 6.69. The first-order chi connectivity index (χ1) is 17.3. The Bertz CT molecular complexity index is 1020. The molecule has 0 spiro atoms. The van der Waals surface area contributed by atoms with Crippen molar-refractivity contribution in [2.75, 3.05) is 26.2 Å². The molecule has 2 aliphatic heterocycles. The minimum atomic E-state index is -0.913. The highest BCUT2D eigenvalue weighted by Crippen LogP contribution is 2.28. The number of nitrogens with one attached hydrogen (secondary N) is 2. The number of Topliss-reactive ketones (excluding diaryl/α,β-unsaturated/α-hetero) is 1. The maximum atomic E-state index is 13.5. The summed E-state index contributed by atoms with van der Waals surface area (Å²) in [4.78, 5) is 40.9. The number of ketones is 1. The van der Waals surface area contributed by atoms with Gasteiger partial charge in [-0.3, -0.25) is 9.59 Å². The SMILES string of the molecule is CC(C)(Cc1ccccc1)C[C@H](NC(=O)Oc1ccoc1)C(=O)NC1C(=O)COC1CN1CCCC1. The third-order valence-corrected chi connectivity index (χ3v) is 6.69. The fourth-order valence-corrected chi connectivity index (χ4v) is 4.96. The lowest BCUT2D eigenvalue weighted by Gasteiger charge is -2.31. The Kier molecular flexibility index (Phi) is 8.43. The first-order valence-corrected chi connectivity index (χ1v) is 12.5. The van der Waals surface area contributed by atoms with Crippen LogP contribution in [0, 0.1) is 5.41 Å². The van der Waals surface area contributed by atoms with Gasteiger partial charge in [0.15, 0.2) is 11.5 Å². The zero-order chi connectivity index (χ0) is 25.5. The van der Waals surface area contributed by atoms with Gasteiger partial charge >= 0.3 is 6.09 Å². The fourth-order valence-electron chi connectivity index (χ4n) is 4.96. The highest BCUT2D eigenvalue weighted by molar-refractivity contribution is 5.94. The monoisotopic (exact) mass is 497 g/mol. The van der Waals surface area contributed by atoms with E-state index in [1.54, 1.807) is 0 Å². The molecule has 2 aliphatic rings. The van der Waals surface area contributed by atoms with Gasteiger partial charge in [-0.1, -0.05) is 44.2 Å². The summed E-state index contributed by atoms with van der Waals surface area (Å²) in [5.41, 5.74) is 0.796. The number of ether oxygens (including phenoxy) is 2. The van der Waals surface area contributed by atoms with E-state index < -0.39 is 30.2 Å². The zero-order valence-corrected chi connectivity index (χ0v) is 20.9. The summed E-state index contributed by atoms with van der Waals surface area (Å²) in [6.07, 6.45) is 4.81. The summed E-state index contributed by atoms with van der Waals surface area (Å²) in [6.45, 7) is 6.59. The first kappa shape index (κ1) is 25.9. The minimum absolute atomic E-state index is 0.0242. The van der Waals surface area contributed by atoms with Crippen LogP contribution in [-0.4, -0.2) is 67.1 Å². The van der Waals surface area contributed by atoms with E-state index in [0.717, 1.165) is 31.5 Å². The Balaban J connectivity index is 1.45. The topological polar surface area (TPSA) is 110 Å². The molecule has 194 valence electrons. The summed E-state index contributed by atoms with van der Waals surface area (Å²) in [7, 11) is 0. The number of rotatable bonds is 10. The molecule has 0 radical (unpaired) electrons. The zero-order valence-electron chi connectivity index (χ0n) is 20.9. The Morgan fingerprint density at radius 3 is 2.61 bits per heavy atom. The smallest absolute Gasteiger partial charge is 0.413 e. The Labute approximate surface area is 211 Å². The molecule has 0 bridgehead atoms. The van der Waals surface area contributed by atoms with Crippen molar-refractivity contribution in [1.82, 2.24) is 15.5 Å². The number of carbonyl (C=O) groups excluding carboxylic acids is 3. The van der Waals surface area contributed by atoms with Crippen LogP contribution in [0.2, 0.25) is 0 Å². The van der Waals surface area contributed by atoms with Crippen LogP contribution in [-0.2, 0) is 20.7 Å². The number of benzene rings is 1. The van der Waals surface area contributed by atoms with Crippen molar-refractivity contribution in [3.63, 3.8) is 0 Å². The molecule has 36 heavy (non-hydrogen) atoms. The molecule has 2 saturated heterocycles. The molecule has 0 aliphatic carbocycles. The lowest BCUT2D eigenvalue weighted by Crippen LogP contribution is -2.56. The number of nitrogens with zero attached hydrogens (tertiary/aromatic N) is 1. The maximum absolute atomic E-state index is 13.5.